The third kappa shape index (κ3) is 4.85. The molecule has 0 radical (unpaired) electrons. The molecule has 0 saturated carbocycles. The van der Waals surface area contributed by atoms with Gasteiger partial charge >= 0.3 is 0 Å². The molecule has 1 aliphatic rings. The molecule has 42 heavy (non-hydrogen) atoms. The summed E-state index contributed by atoms with van der Waals surface area (Å²) < 4.78 is 0. The maximum Gasteiger partial charge on any atom is 0.170 e. The molecule has 4 nitrogen and oxygen atoms in total. The van der Waals surface area contributed by atoms with E-state index in [4.69, 9.17) is 15.2 Å². The predicted molar refractivity (Wildman–Crippen MR) is 171 cm³/mol. The fraction of sp³-hybridized carbons (Fsp3) is 0.0263. The second kappa shape index (κ2) is 11.0. The first-order valence-corrected chi connectivity index (χ1v) is 13.9. The van der Waals surface area contributed by atoms with Gasteiger partial charge in [0.2, 0.25) is 0 Å². The number of nitrogens with one attached hydrogen (secondary N) is 1. The highest BCUT2D eigenvalue weighted by Crippen LogP contribution is 2.37. The highest BCUT2D eigenvalue weighted by molar-refractivity contribution is 6.16. The van der Waals surface area contributed by atoms with E-state index in [2.05, 4.69) is 96.3 Å². The molecule has 0 aliphatic carbocycles. The molecule has 0 aromatic heterocycles. The summed E-state index contributed by atoms with van der Waals surface area (Å²) in [5.41, 5.74) is 8.21. The Labute approximate surface area is 245 Å². The van der Waals surface area contributed by atoms with E-state index in [1.165, 1.54) is 0 Å². The van der Waals surface area contributed by atoms with Gasteiger partial charge in [0.05, 0.1) is 11.6 Å². The van der Waals surface area contributed by atoms with Crippen LogP contribution in [0, 0.1) is 11.3 Å². The molecule has 6 aromatic carbocycles. The summed E-state index contributed by atoms with van der Waals surface area (Å²) in [5.74, 6) is 1.60. The second-order valence-electron chi connectivity index (χ2n) is 10.2. The molecule has 0 unspecified atom stereocenters. The van der Waals surface area contributed by atoms with Crippen LogP contribution in [-0.4, -0.2) is 11.7 Å². The minimum Gasteiger partial charge on any atom is -0.324 e. The summed E-state index contributed by atoms with van der Waals surface area (Å²) in [6, 6.07) is 51.7. The SMILES string of the molecule is N#Cc1ccc(-c2ccc(-c3cccc4cccc(C5N=C(c6ccccc6)NC(c6ccccc6)=N5)c34)cc2)cc1. The van der Waals surface area contributed by atoms with E-state index in [1.54, 1.807) is 0 Å². The van der Waals surface area contributed by atoms with Gasteiger partial charge in [-0.15, -0.1) is 0 Å². The maximum atomic E-state index is 9.14. The molecular weight excluding hydrogens is 512 g/mol. The molecule has 0 saturated heterocycles. The Morgan fingerprint density at radius 3 is 1.60 bits per heavy atom. The summed E-state index contributed by atoms with van der Waals surface area (Å²) in [4.78, 5) is 10.3. The third-order valence-corrected chi connectivity index (χ3v) is 7.59. The number of rotatable bonds is 5. The Morgan fingerprint density at radius 2 is 1.02 bits per heavy atom. The normalized spacial score (nSPS) is 13.1. The van der Waals surface area contributed by atoms with Crippen LogP contribution in [0.1, 0.15) is 28.4 Å². The van der Waals surface area contributed by atoms with Gasteiger partial charge in [-0.2, -0.15) is 5.26 Å². The zero-order valence-corrected chi connectivity index (χ0v) is 22.8. The van der Waals surface area contributed by atoms with Crippen molar-refractivity contribution in [2.75, 3.05) is 0 Å². The summed E-state index contributed by atoms with van der Waals surface area (Å²) in [6.45, 7) is 0. The van der Waals surface area contributed by atoms with Gasteiger partial charge in [0.15, 0.2) is 6.17 Å². The zero-order valence-electron chi connectivity index (χ0n) is 22.8. The van der Waals surface area contributed by atoms with Crippen molar-refractivity contribution >= 4 is 22.4 Å². The molecule has 1 aliphatic heterocycles. The molecule has 0 spiro atoms. The average Bonchev–Trinajstić information content (AvgIpc) is 3.08. The first-order chi connectivity index (χ1) is 20.8. The Morgan fingerprint density at radius 1 is 0.500 bits per heavy atom. The standard InChI is InChI=1S/C38H26N4/c39-25-26-17-19-27(20-18-26)28-21-23-29(24-22-28)33-15-7-13-30-14-8-16-34(35(30)33)38-41-36(31-9-3-1-4-10-31)40-37(42-38)32-11-5-2-6-12-32/h1-24,38H,(H,40,41,42). The van der Waals surface area contributed by atoms with Crippen molar-refractivity contribution in [3.63, 3.8) is 0 Å². The fourth-order valence-corrected chi connectivity index (χ4v) is 5.48. The highest BCUT2D eigenvalue weighted by Gasteiger charge is 2.23. The smallest absolute Gasteiger partial charge is 0.170 e. The quantitative estimate of drug-likeness (QED) is 0.239. The third-order valence-electron chi connectivity index (χ3n) is 7.59. The lowest BCUT2D eigenvalue weighted by atomic mass is 9.92. The van der Waals surface area contributed by atoms with Crippen molar-refractivity contribution in [1.82, 2.24) is 5.32 Å². The number of hydrogen-bond acceptors (Lipinski definition) is 4. The van der Waals surface area contributed by atoms with Gasteiger partial charge in [0, 0.05) is 16.7 Å². The largest absolute Gasteiger partial charge is 0.324 e. The van der Waals surface area contributed by atoms with E-state index in [1.807, 2.05) is 60.7 Å². The van der Waals surface area contributed by atoms with Crippen molar-refractivity contribution in [1.29, 1.82) is 5.26 Å². The van der Waals surface area contributed by atoms with Crippen LogP contribution in [0.25, 0.3) is 33.0 Å². The Balaban J connectivity index is 1.35. The summed E-state index contributed by atoms with van der Waals surface area (Å²) in [6.07, 6.45) is -0.417. The van der Waals surface area contributed by atoms with Crippen LogP contribution in [0.5, 0.6) is 0 Å². The molecule has 0 atom stereocenters. The molecule has 1 N–H and O–H groups in total. The minimum atomic E-state index is -0.417. The maximum absolute atomic E-state index is 9.14. The van der Waals surface area contributed by atoms with E-state index in [0.29, 0.717) is 5.56 Å². The lowest BCUT2D eigenvalue weighted by molar-refractivity contribution is 0.762. The van der Waals surface area contributed by atoms with Gasteiger partial charge in [0.25, 0.3) is 0 Å². The average molecular weight is 539 g/mol. The predicted octanol–water partition coefficient (Wildman–Crippen LogP) is 8.54. The van der Waals surface area contributed by atoms with Crippen LogP contribution < -0.4 is 5.32 Å². The Kier molecular flexibility index (Phi) is 6.60. The number of benzene rings is 6. The monoisotopic (exact) mass is 538 g/mol. The molecule has 4 heteroatoms. The molecule has 0 bridgehead atoms. The summed E-state index contributed by atoms with van der Waals surface area (Å²) in [5, 5.41) is 14.9. The van der Waals surface area contributed by atoms with Crippen molar-refractivity contribution < 1.29 is 0 Å². The van der Waals surface area contributed by atoms with Crippen LogP contribution >= 0.6 is 0 Å². The molecule has 198 valence electrons. The van der Waals surface area contributed by atoms with Gasteiger partial charge in [-0.1, -0.05) is 133 Å². The lowest BCUT2D eigenvalue weighted by Gasteiger charge is -2.24. The van der Waals surface area contributed by atoms with Crippen LogP contribution in [0.15, 0.2) is 156 Å². The molecule has 0 fully saturated rings. The number of hydrogen-bond donors (Lipinski definition) is 1. The minimum absolute atomic E-state index is 0.417. The number of fused-ring (bicyclic) bond motifs is 1. The van der Waals surface area contributed by atoms with Gasteiger partial charge in [-0.3, -0.25) is 0 Å². The number of nitrogens with zero attached hydrogens (tertiary/aromatic N) is 3. The van der Waals surface area contributed by atoms with Gasteiger partial charge < -0.3 is 5.32 Å². The first kappa shape index (κ1) is 25.2. The van der Waals surface area contributed by atoms with E-state index in [9.17, 15) is 0 Å². The Hall–Kier alpha value is -5.79. The molecule has 7 rings (SSSR count). The van der Waals surface area contributed by atoms with Crippen molar-refractivity contribution in [3.05, 3.63) is 168 Å². The lowest BCUT2D eigenvalue weighted by Crippen LogP contribution is -2.36. The Bertz CT molecular complexity index is 1920. The molecular formula is C38H26N4. The van der Waals surface area contributed by atoms with Gasteiger partial charge in [-0.05, 0) is 45.2 Å². The topological polar surface area (TPSA) is 60.5 Å². The van der Waals surface area contributed by atoms with Crippen molar-refractivity contribution in [3.8, 4) is 28.3 Å². The van der Waals surface area contributed by atoms with Crippen LogP contribution in [0.2, 0.25) is 0 Å². The van der Waals surface area contributed by atoms with Crippen molar-refractivity contribution in [2.24, 2.45) is 9.98 Å². The van der Waals surface area contributed by atoms with E-state index in [-0.39, 0.29) is 0 Å². The second-order valence-corrected chi connectivity index (χ2v) is 10.2. The first-order valence-electron chi connectivity index (χ1n) is 13.9. The summed E-state index contributed by atoms with van der Waals surface area (Å²) >= 11 is 0. The highest BCUT2D eigenvalue weighted by atomic mass is 15.2. The van der Waals surface area contributed by atoms with E-state index < -0.39 is 6.17 Å². The fourth-order valence-electron chi connectivity index (χ4n) is 5.48. The van der Waals surface area contributed by atoms with Gasteiger partial charge in [-0.25, -0.2) is 9.98 Å². The van der Waals surface area contributed by atoms with Crippen LogP contribution in [-0.2, 0) is 0 Å². The number of nitriles is 1. The summed E-state index contributed by atoms with van der Waals surface area (Å²) in [7, 11) is 0. The van der Waals surface area contributed by atoms with Crippen LogP contribution in [0.3, 0.4) is 0 Å². The van der Waals surface area contributed by atoms with E-state index >= 15 is 0 Å². The van der Waals surface area contributed by atoms with E-state index in [0.717, 1.165) is 61.4 Å². The zero-order chi connectivity index (χ0) is 28.3. The number of aliphatic imine (C=N–C) groups is 2. The van der Waals surface area contributed by atoms with Crippen molar-refractivity contribution in [2.45, 2.75) is 6.17 Å². The molecule has 0 amide bonds. The molecule has 6 aromatic rings. The molecule has 1 heterocycles. The van der Waals surface area contributed by atoms with Gasteiger partial charge in [0.1, 0.15) is 11.7 Å². The van der Waals surface area contributed by atoms with Crippen LogP contribution in [0.4, 0.5) is 0 Å². The number of amidine groups is 2.